The van der Waals surface area contributed by atoms with E-state index in [4.69, 9.17) is 0 Å². The first-order valence-corrected chi connectivity index (χ1v) is 9.40. The average molecular weight is 498 g/mol. The number of halogens is 1. The van der Waals surface area contributed by atoms with Gasteiger partial charge in [0.25, 0.3) is 0 Å². The third-order valence-electron chi connectivity index (χ3n) is 4.93. The minimum absolute atomic E-state index is 0. The van der Waals surface area contributed by atoms with Crippen molar-refractivity contribution in [3.8, 4) is 0 Å². The third kappa shape index (κ3) is 6.71. The number of likely N-dealkylation sites (N-methyl/N-ethyl adjacent to an activating group) is 1. The summed E-state index contributed by atoms with van der Waals surface area (Å²) in [5.41, 5.74) is 2.60. The van der Waals surface area contributed by atoms with Crippen LogP contribution in [0.15, 0.2) is 35.6 Å². The molecule has 1 aliphatic rings. The predicted molar refractivity (Wildman–Crippen MR) is 123 cm³/mol. The van der Waals surface area contributed by atoms with Crippen molar-refractivity contribution < 1.29 is 0 Å². The van der Waals surface area contributed by atoms with Gasteiger partial charge in [0.1, 0.15) is 12.2 Å². The van der Waals surface area contributed by atoms with Gasteiger partial charge in [-0.2, -0.15) is 5.10 Å². The van der Waals surface area contributed by atoms with E-state index in [2.05, 4.69) is 66.8 Å². The first-order chi connectivity index (χ1) is 13.1. The van der Waals surface area contributed by atoms with Crippen molar-refractivity contribution in [1.29, 1.82) is 0 Å². The zero-order chi connectivity index (χ0) is 19.1. The predicted octanol–water partition coefficient (Wildman–Crippen LogP) is 1.05. The molecule has 0 spiro atoms. The molecule has 0 bridgehead atoms. The summed E-state index contributed by atoms with van der Waals surface area (Å²) in [6.45, 7) is 6.95. The monoisotopic (exact) mass is 498 g/mol. The van der Waals surface area contributed by atoms with Crippen molar-refractivity contribution in [2.24, 2.45) is 12.0 Å². The summed E-state index contributed by atoms with van der Waals surface area (Å²) in [5, 5.41) is 10.7. The van der Waals surface area contributed by atoms with Crippen molar-refractivity contribution >= 4 is 29.9 Å². The Bertz CT molecular complexity index is 735. The van der Waals surface area contributed by atoms with Crippen LogP contribution in [0.2, 0.25) is 0 Å². The highest BCUT2D eigenvalue weighted by Crippen LogP contribution is 2.09. The van der Waals surface area contributed by atoms with Crippen molar-refractivity contribution in [1.82, 2.24) is 35.2 Å². The molecule has 2 aromatic rings. The highest BCUT2D eigenvalue weighted by molar-refractivity contribution is 14.0. The highest BCUT2D eigenvalue weighted by Gasteiger charge is 2.13. The van der Waals surface area contributed by atoms with Crippen LogP contribution in [-0.4, -0.2) is 70.8 Å². The number of aryl methyl sites for hydroxylation is 1. The second kappa shape index (κ2) is 11.3. The molecule has 0 aliphatic carbocycles. The number of piperazine rings is 1. The van der Waals surface area contributed by atoms with Crippen LogP contribution in [0, 0.1) is 0 Å². The van der Waals surface area contributed by atoms with Gasteiger partial charge in [0.15, 0.2) is 5.96 Å². The van der Waals surface area contributed by atoms with E-state index in [1.807, 2.05) is 7.05 Å². The Kier molecular flexibility index (Phi) is 9.13. The highest BCUT2D eigenvalue weighted by atomic mass is 127. The lowest BCUT2D eigenvalue weighted by Gasteiger charge is -2.32. The molecule has 0 saturated carbocycles. The van der Waals surface area contributed by atoms with E-state index in [0.717, 1.165) is 51.1 Å². The fraction of sp³-hybridized carbons (Fsp3) is 0.526. The van der Waals surface area contributed by atoms with Crippen LogP contribution in [0.5, 0.6) is 0 Å². The van der Waals surface area contributed by atoms with Crippen molar-refractivity contribution in [3.05, 3.63) is 47.5 Å². The molecule has 1 aromatic heterocycles. The van der Waals surface area contributed by atoms with Crippen molar-refractivity contribution in [2.75, 3.05) is 40.3 Å². The number of nitrogens with zero attached hydrogens (tertiary/aromatic N) is 6. The summed E-state index contributed by atoms with van der Waals surface area (Å²) < 4.78 is 1.75. The van der Waals surface area contributed by atoms with E-state index in [1.165, 1.54) is 11.1 Å². The van der Waals surface area contributed by atoms with E-state index in [0.29, 0.717) is 6.54 Å². The van der Waals surface area contributed by atoms with E-state index in [-0.39, 0.29) is 24.0 Å². The number of hydrogen-bond acceptors (Lipinski definition) is 5. The van der Waals surface area contributed by atoms with Gasteiger partial charge in [-0.1, -0.05) is 24.3 Å². The molecule has 1 aromatic carbocycles. The minimum atomic E-state index is 0. The standard InChI is InChI=1S/C19H30N8.HI/c1-20-19(22-13-18-23-15-24-26(18)3)21-12-16-4-6-17(7-5-16)14-27-10-8-25(2)9-11-27;/h4-7,15H,8-14H2,1-3H3,(H2,20,21,22);1H. The number of nitrogens with one attached hydrogen (secondary N) is 2. The smallest absolute Gasteiger partial charge is 0.191 e. The SMILES string of the molecule is CN=C(NCc1ccc(CN2CCN(C)CC2)cc1)NCc1ncnn1C.I. The fourth-order valence-corrected chi connectivity index (χ4v) is 3.08. The lowest BCUT2D eigenvalue weighted by molar-refractivity contribution is 0.148. The summed E-state index contributed by atoms with van der Waals surface area (Å²) in [7, 11) is 5.84. The van der Waals surface area contributed by atoms with Gasteiger partial charge in [-0.3, -0.25) is 14.6 Å². The molecule has 0 amide bonds. The van der Waals surface area contributed by atoms with Crippen LogP contribution in [0.4, 0.5) is 0 Å². The molecule has 0 atom stereocenters. The van der Waals surface area contributed by atoms with E-state index >= 15 is 0 Å². The zero-order valence-electron chi connectivity index (χ0n) is 16.9. The largest absolute Gasteiger partial charge is 0.352 e. The van der Waals surface area contributed by atoms with Gasteiger partial charge in [0.2, 0.25) is 0 Å². The topological polar surface area (TPSA) is 73.6 Å². The molecule has 1 saturated heterocycles. The van der Waals surface area contributed by atoms with Crippen LogP contribution in [0.25, 0.3) is 0 Å². The molecular formula is C19H31IN8. The summed E-state index contributed by atoms with van der Waals surface area (Å²) in [6, 6.07) is 8.83. The third-order valence-corrected chi connectivity index (χ3v) is 4.93. The first kappa shape index (κ1) is 22.6. The second-order valence-electron chi connectivity index (χ2n) is 6.98. The van der Waals surface area contributed by atoms with Gasteiger partial charge in [-0.05, 0) is 18.2 Å². The van der Waals surface area contributed by atoms with Gasteiger partial charge in [-0.15, -0.1) is 24.0 Å². The Balaban J connectivity index is 0.00000280. The number of benzene rings is 1. The Labute approximate surface area is 184 Å². The Morgan fingerprint density at radius 3 is 2.25 bits per heavy atom. The fourth-order valence-electron chi connectivity index (χ4n) is 3.08. The van der Waals surface area contributed by atoms with Crippen LogP contribution < -0.4 is 10.6 Å². The van der Waals surface area contributed by atoms with Gasteiger partial charge in [-0.25, -0.2) is 4.98 Å². The Morgan fingerprint density at radius 1 is 1.00 bits per heavy atom. The van der Waals surface area contributed by atoms with E-state index in [9.17, 15) is 0 Å². The molecule has 154 valence electrons. The van der Waals surface area contributed by atoms with Crippen LogP contribution >= 0.6 is 24.0 Å². The zero-order valence-corrected chi connectivity index (χ0v) is 19.3. The van der Waals surface area contributed by atoms with E-state index < -0.39 is 0 Å². The maximum atomic E-state index is 4.26. The summed E-state index contributed by atoms with van der Waals surface area (Å²) in [5.74, 6) is 1.62. The van der Waals surface area contributed by atoms with Gasteiger partial charge in [0.05, 0.1) is 6.54 Å². The van der Waals surface area contributed by atoms with Crippen LogP contribution in [-0.2, 0) is 26.7 Å². The van der Waals surface area contributed by atoms with E-state index in [1.54, 1.807) is 18.1 Å². The molecule has 0 radical (unpaired) electrons. The Hall–Kier alpha value is -1.72. The summed E-state index contributed by atoms with van der Waals surface area (Å²) in [4.78, 5) is 13.4. The maximum absolute atomic E-state index is 4.26. The number of hydrogen-bond donors (Lipinski definition) is 2. The maximum Gasteiger partial charge on any atom is 0.191 e. The summed E-state index contributed by atoms with van der Waals surface area (Å²) >= 11 is 0. The lowest BCUT2D eigenvalue weighted by atomic mass is 10.1. The van der Waals surface area contributed by atoms with Gasteiger partial charge < -0.3 is 15.5 Å². The minimum Gasteiger partial charge on any atom is -0.352 e. The van der Waals surface area contributed by atoms with Crippen LogP contribution in [0.3, 0.4) is 0 Å². The molecule has 9 heteroatoms. The quantitative estimate of drug-likeness (QED) is 0.353. The molecule has 1 aliphatic heterocycles. The molecule has 2 heterocycles. The van der Waals surface area contributed by atoms with Crippen molar-refractivity contribution in [2.45, 2.75) is 19.6 Å². The average Bonchev–Trinajstić information content (AvgIpc) is 3.10. The van der Waals surface area contributed by atoms with Crippen molar-refractivity contribution in [3.63, 3.8) is 0 Å². The summed E-state index contributed by atoms with van der Waals surface area (Å²) in [6.07, 6.45) is 1.55. The molecule has 1 fully saturated rings. The first-order valence-electron chi connectivity index (χ1n) is 9.40. The molecule has 3 rings (SSSR count). The molecule has 28 heavy (non-hydrogen) atoms. The second-order valence-corrected chi connectivity index (χ2v) is 6.98. The molecule has 0 unspecified atom stereocenters. The number of aliphatic imine (C=N–C) groups is 1. The number of guanidine groups is 1. The Morgan fingerprint density at radius 2 is 1.64 bits per heavy atom. The molecular weight excluding hydrogens is 467 g/mol. The normalized spacial score (nSPS) is 15.9. The van der Waals surface area contributed by atoms with Gasteiger partial charge >= 0.3 is 0 Å². The van der Waals surface area contributed by atoms with Crippen LogP contribution in [0.1, 0.15) is 17.0 Å². The number of rotatable bonds is 6. The molecule has 8 nitrogen and oxygen atoms in total. The molecule has 2 N–H and O–H groups in total. The lowest BCUT2D eigenvalue weighted by Crippen LogP contribution is -2.43. The van der Waals surface area contributed by atoms with Gasteiger partial charge in [0, 0.05) is 53.4 Å². The number of aromatic nitrogens is 3.